The number of hydrogen-bond donors (Lipinski definition) is 1. The van der Waals surface area contributed by atoms with E-state index in [2.05, 4.69) is 21.8 Å². The average molecular weight is 403 g/mol. The van der Waals surface area contributed by atoms with Gasteiger partial charge >= 0.3 is 0 Å². The van der Waals surface area contributed by atoms with Gasteiger partial charge in [-0.2, -0.15) is 0 Å². The normalized spacial score (nSPS) is 14.9. The molecule has 0 saturated heterocycles. The Balaban J connectivity index is 1.59. The number of benzene rings is 2. The van der Waals surface area contributed by atoms with Gasteiger partial charge in [-0.15, -0.1) is 11.3 Å². The summed E-state index contributed by atoms with van der Waals surface area (Å²) in [4.78, 5) is 3.43. The van der Waals surface area contributed by atoms with Crippen LogP contribution in [0, 0.1) is 5.82 Å². The number of halogens is 1. The number of para-hydroxylation sites is 1. The van der Waals surface area contributed by atoms with Crippen LogP contribution in [0.1, 0.15) is 16.5 Å². The van der Waals surface area contributed by atoms with Crippen molar-refractivity contribution in [1.29, 1.82) is 0 Å². The van der Waals surface area contributed by atoms with Crippen molar-refractivity contribution in [1.82, 2.24) is 4.72 Å². The molecule has 2 aromatic carbocycles. The molecule has 1 N–H and O–H groups in total. The Morgan fingerprint density at radius 3 is 2.59 bits per heavy atom. The zero-order valence-electron chi connectivity index (χ0n) is 14.5. The fraction of sp³-hybridized carbons (Fsp3) is 0.200. The number of anilines is 1. The lowest BCUT2D eigenvalue weighted by Crippen LogP contribution is -2.37. The molecule has 0 spiro atoms. The second-order valence-electron chi connectivity index (χ2n) is 6.41. The standard InChI is InChI=1S/C20H19FN2O2S2/c21-16-7-9-17(10-8-16)27(24,25)22-14-19(20-6-3-13-26-20)23-12-11-15-4-1-2-5-18(15)23/h1-10,13,19,22H,11-12,14H2. The zero-order valence-corrected chi connectivity index (χ0v) is 16.1. The van der Waals surface area contributed by atoms with Gasteiger partial charge < -0.3 is 4.90 Å². The van der Waals surface area contributed by atoms with Crippen molar-refractivity contribution in [3.8, 4) is 0 Å². The Bertz CT molecular complexity index is 1020. The maximum absolute atomic E-state index is 13.1. The average Bonchev–Trinajstić information content (AvgIpc) is 3.33. The van der Waals surface area contributed by atoms with Gasteiger partial charge in [-0.1, -0.05) is 24.3 Å². The van der Waals surface area contributed by atoms with E-state index < -0.39 is 15.8 Å². The third kappa shape index (κ3) is 3.76. The number of rotatable bonds is 6. The van der Waals surface area contributed by atoms with E-state index in [4.69, 9.17) is 0 Å². The lowest BCUT2D eigenvalue weighted by molar-refractivity contribution is 0.564. The van der Waals surface area contributed by atoms with Gasteiger partial charge in [0, 0.05) is 23.7 Å². The fourth-order valence-corrected chi connectivity index (χ4v) is 5.30. The van der Waals surface area contributed by atoms with Gasteiger partial charge in [0.15, 0.2) is 0 Å². The second-order valence-corrected chi connectivity index (χ2v) is 9.16. The van der Waals surface area contributed by atoms with Crippen LogP contribution < -0.4 is 9.62 Å². The Hall–Kier alpha value is -2.22. The van der Waals surface area contributed by atoms with Gasteiger partial charge in [0.25, 0.3) is 0 Å². The highest BCUT2D eigenvalue weighted by Gasteiger charge is 2.29. The van der Waals surface area contributed by atoms with E-state index >= 15 is 0 Å². The molecule has 140 valence electrons. The summed E-state index contributed by atoms with van der Waals surface area (Å²) in [6.07, 6.45) is 0.947. The Labute approximate surface area is 162 Å². The molecule has 0 bridgehead atoms. The molecule has 4 nitrogen and oxygen atoms in total. The summed E-state index contributed by atoms with van der Waals surface area (Å²) < 4.78 is 41.1. The lowest BCUT2D eigenvalue weighted by Gasteiger charge is -2.30. The van der Waals surface area contributed by atoms with Crippen LogP contribution in [0.25, 0.3) is 0 Å². The maximum atomic E-state index is 13.1. The van der Waals surface area contributed by atoms with Crippen LogP contribution in [-0.2, 0) is 16.4 Å². The van der Waals surface area contributed by atoms with Crippen molar-refractivity contribution >= 4 is 27.0 Å². The Kier molecular flexibility index (Phi) is 4.99. The number of thiophene rings is 1. The molecule has 1 aliphatic rings. The van der Waals surface area contributed by atoms with E-state index in [9.17, 15) is 12.8 Å². The first-order chi connectivity index (χ1) is 13.0. The molecule has 1 aromatic heterocycles. The number of fused-ring (bicyclic) bond motifs is 1. The van der Waals surface area contributed by atoms with Crippen molar-refractivity contribution < 1.29 is 12.8 Å². The van der Waals surface area contributed by atoms with E-state index in [0.29, 0.717) is 0 Å². The first kappa shape index (κ1) is 18.2. The number of sulfonamides is 1. The molecule has 0 amide bonds. The van der Waals surface area contributed by atoms with Gasteiger partial charge in [0.1, 0.15) is 5.82 Å². The third-order valence-corrected chi connectivity index (χ3v) is 7.17. The van der Waals surface area contributed by atoms with Crippen LogP contribution >= 0.6 is 11.3 Å². The largest absolute Gasteiger partial charge is 0.362 e. The summed E-state index contributed by atoms with van der Waals surface area (Å²) in [5, 5.41) is 2.00. The highest BCUT2D eigenvalue weighted by Crippen LogP contribution is 2.36. The summed E-state index contributed by atoms with van der Waals surface area (Å²) >= 11 is 1.61. The minimum absolute atomic E-state index is 0.0654. The molecule has 1 unspecified atom stereocenters. The molecular weight excluding hydrogens is 383 g/mol. The molecule has 3 aromatic rings. The van der Waals surface area contributed by atoms with Crippen molar-refractivity contribution in [3.05, 3.63) is 82.3 Å². The Morgan fingerprint density at radius 1 is 1.07 bits per heavy atom. The van der Waals surface area contributed by atoms with E-state index in [1.807, 2.05) is 29.6 Å². The first-order valence-corrected chi connectivity index (χ1v) is 11.0. The minimum atomic E-state index is -3.71. The second kappa shape index (κ2) is 7.42. The number of nitrogens with zero attached hydrogens (tertiary/aromatic N) is 1. The van der Waals surface area contributed by atoms with Crippen LogP contribution in [-0.4, -0.2) is 21.5 Å². The van der Waals surface area contributed by atoms with Crippen molar-refractivity contribution in [2.75, 3.05) is 18.0 Å². The van der Waals surface area contributed by atoms with Crippen LogP contribution in [0.3, 0.4) is 0 Å². The van der Waals surface area contributed by atoms with Crippen molar-refractivity contribution in [2.45, 2.75) is 17.4 Å². The van der Waals surface area contributed by atoms with E-state index in [0.717, 1.165) is 35.7 Å². The number of nitrogens with one attached hydrogen (secondary N) is 1. The van der Waals surface area contributed by atoms with Gasteiger partial charge in [-0.05, 0) is 53.8 Å². The third-order valence-electron chi connectivity index (χ3n) is 4.76. The molecule has 0 saturated carbocycles. The highest BCUT2D eigenvalue weighted by atomic mass is 32.2. The van der Waals surface area contributed by atoms with Gasteiger partial charge in [0.2, 0.25) is 10.0 Å². The van der Waals surface area contributed by atoms with Crippen LogP contribution in [0.5, 0.6) is 0 Å². The maximum Gasteiger partial charge on any atom is 0.240 e. The summed E-state index contributed by atoms with van der Waals surface area (Å²) in [6.45, 7) is 1.09. The predicted molar refractivity (Wildman–Crippen MR) is 106 cm³/mol. The van der Waals surface area contributed by atoms with E-state index in [1.165, 1.54) is 17.7 Å². The lowest BCUT2D eigenvalue weighted by atomic mass is 10.1. The van der Waals surface area contributed by atoms with E-state index in [-0.39, 0.29) is 17.5 Å². The number of hydrogen-bond acceptors (Lipinski definition) is 4. The molecule has 27 heavy (non-hydrogen) atoms. The molecule has 0 aliphatic carbocycles. The SMILES string of the molecule is O=S(=O)(NCC(c1cccs1)N1CCc2ccccc21)c1ccc(F)cc1. The van der Waals surface area contributed by atoms with Crippen molar-refractivity contribution in [2.24, 2.45) is 0 Å². The fourth-order valence-electron chi connectivity index (χ4n) is 3.42. The molecule has 0 radical (unpaired) electrons. The summed E-state index contributed by atoms with van der Waals surface area (Å²) in [7, 11) is -3.71. The minimum Gasteiger partial charge on any atom is -0.362 e. The topological polar surface area (TPSA) is 49.4 Å². The molecule has 7 heteroatoms. The summed E-state index contributed by atoms with van der Waals surface area (Å²) in [5.41, 5.74) is 2.43. The first-order valence-electron chi connectivity index (χ1n) is 8.68. The quantitative estimate of drug-likeness (QED) is 0.679. The van der Waals surface area contributed by atoms with Crippen LogP contribution in [0.2, 0.25) is 0 Å². The predicted octanol–water partition coefficient (Wildman–Crippen LogP) is 3.97. The molecular formula is C20H19FN2O2S2. The highest BCUT2D eigenvalue weighted by molar-refractivity contribution is 7.89. The summed E-state index contributed by atoms with van der Waals surface area (Å²) in [5.74, 6) is -0.459. The molecule has 1 aliphatic heterocycles. The van der Waals surface area contributed by atoms with E-state index in [1.54, 1.807) is 11.3 Å². The van der Waals surface area contributed by atoms with Gasteiger partial charge in [0.05, 0.1) is 10.9 Å². The van der Waals surface area contributed by atoms with Crippen LogP contribution in [0.15, 0.2) is 70.9 Å². The monoisotopic (exact) mass is 402 g/mol. The van der Waals surface area contributed by atoms with Crippen LogP contribution in [0.4, 0.5) is 10.1 Å². The molecule has 4 rings (SSSR count). The molecule has 1 atom stereocenters. The zero-order chi connectivity index (χ0) is 18.9. The smallest absolute Gasteiger partial charge is 0.240 e. The van der Waals surface area contributed by atoms with Crippen molar-refractivity contribution in [3.63, 3.8) is 0 Å². The Morgan fingerprint density at radius 2 is 1.85 bits per heavy atom. The summed E-state index contributed by atoms with van der Waals surface area (Å²) in [6, 6.07) is 17.0. The van der Waals surface area contributed by atoms with Gasteiger partial charge in [-0.3, -0.25) is 0 Å². The molecule has 0 fully saturated rings. The molecule has 2 heterocycles. The van der Waals surface area contributed by atoms with Gasteiger partial charge in [-0.25, -0.2) is 17.5 Å².